The number of amides is 1. The molecule has 2 rings (SSSR count). The van der Waals surface area contributed by atoms with Crippen LogP contribution in [0.25, 0.3) is 0 Å². The van der Waals surface area contributed by atoms with Crippen LogP contribution in [0.2, 0.25) is 5.02 Å². The zero-order valence-corrected chi connectivity index (χ0v) is 15.4. The molecule has 150 valence electrons. The molecule has 0 bridgehead atoms. The number of nitrogens with zero attached hydrogens (tertiary/aromatic N) is 3. The number of hydrogen-bond donors (Lipinski definition) is 1. The lowest BCUT2D eigenvalue weighted by molar-refractivity contribution is -0.384. The summed E-state index contributed by atoms with van der Waals surface area (Å²) in [5.74, 6) is -0.116. The summed E-state index contributed by atoms with van der Waals surface area (Å²) in [6.07, 6.45) is -4.17. The number of alkyl halides is 3. The molecule has 1 aliphatic heterocycles. The van der Waals surface area contributed by atoms with E-state index in [1.54, 1.807) is 4.90 Å². The third-order valence-corrected chi connectivity index (χ3v) is 4.55. The Morgan fingerprint density at radius 3 is 2.59 bits per heavy atom. The van der Waals surface area contributed by atoms with E-state index in [-0.39, 0.29) is 18.1 Å². The Kier molecular flexibility index (Phi) is 6.88. The van der Waals surface area contributed by atoms with E-state index in [1.165, 1.54) is 0 Å². The summed E-state index contributed by atoms with van der Waals surface area (Å²) in [5, 5.41) is 13.5. The average molecular weight is 409 g/mol. The van der Waals surface area contributed by atoms with Crippen molar-refractivity contribution in [3.8, 4) is 0 Å². The minimum atomic E-state index is -4.78. The van der Waals surface area contributed by atoms with E-state index in [0.717, 1.165) is 6.07 Å². The average Bonchev–Trinajstić information content (AvgIpc) is 2.78. The minimum absolute atomic E-state index is 0.0536. The molecular formula is C16H20ClF3N4O3. The van der Waals surface area contributed by atoms with E-state index in [1.807, 2.05) is 11.8 Å². The molecule has 27 heavy (non-hydrogen) atoms. The minimum Gasteiger partial charge on any atom is -0.365 e. The van der Waals surface area contributed by atoms with Crippen molar-refractivity contribution in [2.45, 2.75) is 19.5 Å². The molecule has 0 spiro atoms. The number of nitro groups is 1. The summed E-state index contributed by atoms with van der Waals surface area (Å²) in [5.41, 5.74) is -1.81. The maximum Gasteiger partial charge on any atom is 0.418 e. The number of anilines is 1. The lowest BCUT2D eigenvalue weighted by atomic mass is 10.1. The first-order valence-electron chi connectivity index (χ1n) is 8.42. The fourth-order valence-electron chi connectivity index (χ4n) is 2.99. The van der Waals surface area contributed by atoms with Gasteiger partial charge in [-0.2, -0.15) is 13.2 Å². The zero-order chi connectivity index (χ0) is 20.2. The van der Waals surface area contributed by atoms with Gasteiger partial charge in [-0.15, -0.1) is 0 Å². The van der Waals surface area contributed by atoms with Crippen molar-refractivity contribution < 1.29 is 22.9 Å². The van der Waals surface area contributed by atoms with Crippen LogP contribution < -0.4 is 10.2 Å². The number of carbonyl (C=O) groups excluding carboxylic acids is 1. The van der Waals surface area contributed by atoms with Crippen LogP contribution in [-0.2, 0) is 11.0 Å². The lowest BCUT2D eigenvalue weighted by Crippen LogP contribution is -2.39. The molecule has 1 aromatic carbocycles. The number of carbonyl (C=O) groups is 1. The number of rotatable bonds is 5. The second-order valence-electron chi connectivity index (χ2n) is 6.15. The van der Waals surface area contributed by atoms with Crippen LogP contribution in [0.15, 0.2) is 12.1 Å². The third-order valence-electron chi connectivity index (χ3n) is 4.24. The fourth-order valence-corrected chi connectivity index (χ4v) is 3.26. The molecule has 7 nitrogen and oxygen atoms in total. The highest BCUT2D eigenvalue weighted by atomic mass is 35.5. The van der Waals surface area contributed by atoms with Gasteiger partial charge in [0.2, 0.25) is 5.91 Å². The van der Waals surface area contributed by atoms with Gasteiger partial charge in [-0.05, 0) is 19.4 Å². The largest absolute Gasteiger partial charge is 0.418 e. The van der Waals surface area contributed by atoms with Gasteiger partial charge in [0.1, 0.15) is 5.69 Å². The SMILES string of the molecule is CCNC(=O)CN1CCCN(c2cc(Cl)c(C(F)(F)F)cc2[N+](=O)[O-])CC1. The summed E-state index contributed by atoms with van der Waals surface area (Å²) in [7, 11) is 0. The first-order valence-corrected chi connectivity index (χ1v) is 8.80. The molecule has 1 aliphatic rings. The molecule has 0 aliphatic carbocycles. The Hall–Kier alpha value is -2.07. The Balaban J connectivity index is 2.23. The first kappa shape index (κ1) is 21.2. The summed E-state index contributed by atoms with van der Waals surface area (Å²) < 4.78 is 39.0. The third kappa shape index (κ3) is 5.46. The Labute approximate surface area is 159 Å². The van der Waals surface area contributed by atoms with Crippen LogP contribution in [-0.4, -0.2) is 55.0 Å². The molecule has 1 aromatic rings. The maximum atomic E-state index is 13.0. The molecule has 11 heteroatoms. The van der Waals surface area contributed by atoms with Gasteiger partial charge in [-0.25, -0.2) is 0 Å². The number of halogens is 4. The molecule has 0 atom stereocenters. The molecule has 0 unspecified atom stereocenters. The monoisotopic (exact) mass is 408 g/mol. The van der Waals surface area contributed by atoms with Crippen LogP contribution in [0, 0.1) is 10.1 Å². The topological polar surface area (TPSA) is 78.7 Å². The van der Waals surface area contributed by atoms with E-state index in [9.17, 15) is 28.1 Å². The zero-order valence-electron chi connectivity index (χ0n) is 14.7. The first-order chi connectivity index (χ1) is 12.6. The maximum absolute atomic E-state index is 13.0. The predicted octanol–water partition coefficient (Wildman–Crippen LogP) is 2.92. The quantitative estimate of drug-likeness (QED) is 0.598. The van der Waals surface area contributed by atoms with Crippen molar-refractivity contribution in [1.82, 2.24) is 10.2 Å². The van der Waals surface area contributed by atoms with Crippen LogP contribution in [0.3, 0.4) is 0 Å². The number of nitrogens with one attached hydrogen (secondary N) is 1. The Morgan fingerprint density at radius 2 is 2.00 bits per heavy atom. The van der Waals surface area contributed by atoms with Gasteiger partial charge in [0, 0.05) is 38.8 Å². The highest BCUT2D eigenvalue weighted by Crippen LogP contribution is 2.41. The summed E-state index contributed by atoms with van der Waals surface area (Å²) in [4.78, 5) is 25.8. The van der Waals surface area contributed by atoms with E-state index >= 15 is 0 Å². The van der Waals surface area contributed by atoms with E-state index in [4.69, 9.17) is 11.6 Å². The standard InChI is InChI=1S/C16H20ClF3N4O3/c1-2-21-15(25)10-22-4-3-5-23(7-6-22)13-9-12(17)11(16(18,19)20)8-14(13)24(26)27/h8-9H,2-7,10H2,1H3,(H,21,25). The lowest BCUT2D eigenvalue weighted by Gasteiger charge is -2.24. The van der Waals surface area contributed by atoms with Gasteiger partial charge < -0.3 is 10.2 Å². The fraction of sp³-hybridized carbons (Fsp3) is 0.562. The molecule has 0 saturated carbocycles. The van der Waals surface area contributed by atoms with Crippen LogP contribution >= 0.6 is 11.6 Å². The van der Waals surface area contributed by atoms with Crippen molar-refractivity contribution >= 4 is 28.9 Å². The number of likely N-dealkylation sites (N-methyl/N-ethyl adjacent to an activating group) is 1. The smallest absolute Gasteiger partial charge is 0.365 e. The molecule has 0 aromatic heterocycles. The van der Waals surface area contributed by atoms with Crippen molar-refractivity contribution in [3.63, 3.8) is 0 Å². The molecule has 1 amide bonds. The van der Waals surface area contributed by atoms with Crippen LogP contribution in [0.4, 0.5) is 24.5 Å². The molecular weight excluding hydrogens is 389 g/mol. The highest BCUT2D eigenvalue weighted by molar-refractivity contribution is 6.31. The van der Waals surface area contributed by atoms with Crippen LogP contribution in [0.1, 0.15) is 18.9 Å². The number of nitro benzene ring substituents is 1. The van der Waals surface area contributed by atoms with E-state index < -0.39 is 27.4 Å². The Morgan fingerprint density at radius 1 is 1.30 bits per heavy atom. The molecule has 0 radical (unpaired) electrons. The molecule has 1 fully saturated rings. The van der Waals surface area contributed by atoms with Gasteiger partial charge >= 0.3 is 6.18 Å². The van der Waals surface area contributed by atoms with E-state index in [0.29, 0.717) is 45.2 Å². The molecule has 1 saturated heterocycles. The molecule has 1 N–H and O–H groups in total. The second-order valence-corrected chi connectivity index (χ2v) is 6.55. The van der Waals surface area contributed by atoms with E-state index in [2.05, 4.69) is 5.32 Å². The van der Waals surface area contributed by atoms with Gasteiger partial charge in [0.25, 0.3) is 5.69 Å². The highest BCUT2D eigenvalue weighted by Gasteiger charge is 2.37. The number of benzene rings is 1. The van der Waals surface area contributed by atoms with Crippen molar-refractivity contribution in [2.75, 3.05) is 44.2 Å². The normalized spacial score (nSPS) is 16.1. The van der Waals surface area contributed by atoms with Gasteiger partial charge in [-0.1, -0.05) is 11.6 Å². The summed E-state index contributed by atoms with van der Waals surface area (Å²) >= 11 is 5.75. The summed E-state index contributed by atoms with van der Waals surface area (Å²) in [6.45, 7) is 4.35. The summed E-state index contributed by atoms with van der Waals surface area (Å²) in [6, 6.07) is 1.48. The molecule has 1 heterocycles. The van der Waals surface area contributed by atoms with Gasteiger partial charge in [0.15, 0.2) is 0 Å². The Bertz CT molecular complexity index is 715. The van der Waals surface area contributed by atoms with Gasteiger partial charge in [-0.3, -0.25) is 19.8 Å². The van der Waals surface area contributed by atoms with Crippen LogP contribution in [0.5, 0.6) is 0 Å². The van der Waals surface area contributed by atoms with Crippen molar-refractivity contribution in [1.29, 1.82) is 0 Å². The van der Waals surface area contributed by atoms with Gasteiger partial charge in [0.05, 0.1) is 22.1 Å². The van der Waals surface area contributed by atoms with Crippen molar-refractivity contribution in [2.24, 2.45) is 0 Å². The second kappa shape index (κ2) is 8.75. The number of hydrogen-bond acceptors (Lipinski definition) is 5. The predicted molar refractivity (Wildman–Crippen MR) is 95.1 cm³/mol. The van der Waals surface area contributed by atoms with Crippen molar-refractivity contribution in [3.05, 3.63) is 32.8 Å².